The van der Waals surface area contributed by atoms with Crippen LogP contribution in [-0.2, 0) is 34.8 Å². The highest BCUT2D eigenvalue weighted by Crippen LogP contribution is 2.36. The molecule has 1 aliphatic rings. The average Bonchev–Trinajstić information content (AvgIpc) is 3.29. The van der Waals surface area contributed by atoms with Crippen LogP contribution in [0.5, 0.6) is 0 Å². The van der Waals surface area contributed by atoms with E-state index in [0.29, 0.717) is 38.1 Å². The minimum atomic E-state index is -4.97. The van der Waals surface area contributed by atoms with Crippen molar-refractivity contribution in [3.8, 4) is 0 Å². The summed E-state index contributed by atoms with van der Waals surface area (Å²) in [6.07, 6.45) is -7.55. The topological polar surface area (TPSA) is 74.0 Å². The Kier molecular flexibility index (Phi) is 9.71. The molecule has 4 rings (SSSR count). The number of para-hydroxylation sites is 1. The number of carbonyl (C=O) groups is 2. The molecule has 0 radical (unpaired) electrons. The van der Waals surface area contributed by atoms with Gasteiger partial charge in [-0.15, -0.1) is 12.4 Å². The van der Waals surface area contributed by atoms with Crippen molar-refractivity contribution < 1.29 is 35.9 Å². The van der Waals surface area contributed by atoms with Crippen LogP contribution in [0.2, 0.25) is 0 Å². The van der Waals surface area contributed by atoms with E-state index < -0.39 is 35.3 Å². The molecule has 1 unspecified atom stereocenters. The van der Waals surface area contributed by atoms with Gasteiger partial charge < -0.3 is 15.6 Å². The summed E-state index contributed by atoms with van der Waals surface area (Å²) < 4.78 is 79.4. The highest BCUT2D eigenvalue weighted by molar-refractivity contribution is 5.91. The van der Waals surface area contributed by atoms with Crippen molar-refractivity contribution in [1.82, 2.24) is 15.6 Å². The lowest BCUT2D eigenvalue weighted by Gasteiger charge is -2.25. The number of piperidine rings is 1. The number of rotatable bonds is 8. The van der Waals surface area contributed by atoms with Crippen LogP contribution in [0, 0.1) is 5.92 Å². The molecule has 2 heterocycles. The number of aromatic nitrogens is 1. The number of nitrogens with one attached hydrogen (secondary N) is 3. The molecule has 0 saturated carbocycles. The van der Waals surface area contributed by atoms with Crippen molar-refractivity contribution >= 4 is 35.0 Å². The average molecular weight is 576 g/mol. The van der Waals surface area contributed by atoms with Gasteiger partial charge in [0.25, 0.3) is 0 Å². The first-order valence-electron chi connectivity index (χ1n) is 12.3. The van der Waals surface area contributed by atoms with Gasteiger partial charge in [0.05, 0.1) is 17.2 Å². The molecule has 0 bridgehead atoms. The van der Waals surface area contributed by atoms with E-state index in [2.05, 4.69) is 15.6 Å². The van der Waals surface area contributed by atoms with Crippen LogP contribution in [0.25, 0.3) is 10.9 Å². The van der Waals surface area contributed by atoms with E-state index in [0.717, 1.165) is 16.5 Å². The van der Waals surface area contributed by atoms with E-state index in [1.165, 1.54) is 0 Å². The molecule has 0 spiro atoms. The van der Waals surface area contributed by atoms with Crippen molar-refractivity contribution in [2.24, 2.45) is 5.92 Å². The highest BCUT2D eigenvalue weighted by atomic mass is 35.5. The maximum absolute atomic E-state index is 13.3. The van der Waals surface area contributed by atoms with Gasteiger partial charge in [-0.2, -0.15) is 26.3 Å². The second kappa shape index (κ2) is 12.4. The molecule has 3 N–H and O–H groups in total. The summed E-state index contributed by atoms with van der Waals surface area (Å²) in [5.41, 5.74) is -1.50. The second-order valence-electron chi connectivity index (χ2n) is 9.53. The molecule has 5 nitrogen and oxygen atoms in total. The number of amides is 1. The molecular formula is C27H28ClF6N3O2. The fourth-order valence-corrected chi connectivity index (χ4v) is 4.74. The quantitative estimate of drug-likeness (QED) is 0.295. The first-order valence-corrected chi connectivity index (χ1v) is 12.3. The van der Waals surface area contributed by atoms with Gasteiger partial charge in [0.2, 0.25) is 5.91 Å². The molecule has 0 aliphatic carbocycles. The van der Waals surface area contributed by atoms with Gasteiger partial charge >= 0.3 is 12.4 Å². The lowest BCUT2D eigenvalue weighted by molar-refractivity contribution is -0.143. The number of aromatic amines is 1. The van der Waals surface area contributed by atoms with Gasteiger partial charge in [-0.05, 0) is 67.7 Å². The third-order valence-electron chi connectivity index (χ3n) is 6.82. The van der Waals surface area contributed by atoms with Crippen LogP contribution in [0.4, 0.5) is 26.3 Å². The smallest absolute Gasteiger partial charge is 0.361 e. The van der Waals surface area contributed by atoms with E-state index in [-0.39, 0.29) is 55.1 Å². The summed E-state index contributed by atoms with van der Waals surface area (Å²) in [4.78, 5) is 29.3. The third-order valence-corrected chi connectivity index (χ3v) is 6.82. The first-order chi connectivity index (χ1) is 17.9. The van der Waals surface area contributed by atoms with E-state index in [1.54, 1.807) is 6.20 Å². The largest absolute Gasteiger partial charge is 0.416 e. The van der Waals surface area contributed by atoms with Crippen molar-refractivity contribution in [2.45, 2.75) is 50.5 Å². The number of fused-ring (bicyclic) bond motifs is 1. The number of ketones is 1. The Labute approximate surface area is 227 Å². The highest BCUT2D eigenvalue weighted by Gasteiger charge is 2.37. The zero-order chi connectivity index (χ0) is 27.5. The van der Waals surface area contributed by atoms with Crippen LogP contribution >= 0.6 is 12.4 Å². The Morgan fingerprint density at radius 2 is 1.56 bits per heavy atom. The molecule has 2 aromatic carbocycles. The Morgan fingerprint density at radius 1 is 0.949 bits per heavy atom. The molecular weight excluding hydrogens is 548 g/mol. The van der Waals surface area contributed by atoms with E-state index in [4.69, 9.17) is 0 Å². The minimum absolute atomic E-state index is 0. The summed E-state index contributed by atoms with van der Waals surface area (Å²) in [6.45, 7) is 1.33. The normalized spacial score (nSPS) is 15.5. The Hall–Kier alpha value is -3.05. The number of alkyl halides is 6. The minimum Gasteiger partial charge on any atom is -0.361 e. The fourth-order valence-electron chi connectivity index (χ4n) is 4.74. The van der Waals surface area contributed by atoms with Crippen molar-refractivity contribution in [1.29, 1.82) is 0 Å². The molecule has 1 aromatic heterocycles. The van der Waals surface area contributed by atoms with Gasteiger partial charge in [-0.1, -0.05) is 18.2 Å². The zero-order valence-corrected chi connectivity index (χ0v) is 21.5. The number of Topliss-reactive ketones (excluding diaryl/α,β-unsaturated/α-hetero) is 1. The van der Waals surface area contributed by atoms with E-state index >= 15 is 0 Å². The predicted octanol–water partition coefficient (Wildman–Crippen LogP) is 5.86. The van der Waals surface area contributed by atoms with E-state index in [9.17, 15) is 35.9 Å². The lowest BCUT2D eigenvalue weighted by atomic mass is 9.93. The number of H-pyrrole nitrogens is 1. The molecule has 212 valence electrons. The maximum Gasteiger partial charge on any atom is 0.416 e. The van der Waals surface area contributed by atoms with Crippen LogP contribution in [0.15, 0.2) is 48.7 Å². The van der Waals surface area contributed by atoms with Gasteiger partial charge in [0.15, 0.2) is 5.78 Å². The molecule has 39 heavy (non-hydrogen) atoms. The van der Waals surface area contributed by atoms with Gasteiger partial charge in [-0.25, -0.2) is 0 Å². The molecule has 1 aliphatic heterocycles. The number of carbonyl (C=O) groups excluding carboxylic acids is 2. The number of aryl methyl sites for hydroxylation is 1. The molecule has 1 fully saturated rings. The molecule has 12 heteroatoms. The summed E-state index contributed by atoms with van der Waals surface area (Å²) in [6, 6.07) is 7.72. The Balaban J connectivity index is 0.00000420. The van der Waals surface area contributed by atoms with Gasteiger partial charge in [-0.3, -0.25) is 9.59 Å². The number of hydrogen-bond acceptors (Lipinski definition) is 3. The van der Waals surface area contributed by atoms with Gasteiger partial charge in [0.1, 0.15) is 0 Å². The molecule has 1 saturated heterocycles. The standard InChI is InChI=1S/C27H27F6N3O2.ClH/c28-26(29,30)19-11-16(12-20(14-19)27(31,32)33)5-6-24(37)23(36-25(38)17-7-9-34-10-8-17)13-18-15-35-22-4-2-1-3-21(18)22;/h1-4,11-12,14-15,17,23,34-35H,5-10,13H2,(H,36,38);1H. The first kappa shape index (κ1) is 30.5. The Bertz CT molecular complexity index is 1270. The van der Waals surface area contributed by atoms with E-state index in [1.807, 2.05) is 24.3 Å². The number of halogens is 7. The summed E-state index contributed by atoms with van der Waals surface area (Å²) in [5.74, 6) is -1.04. The summed E-state index contributed by atoms with van der Waals surface area (Å²) >= 11 is 0. The number of benzene rings is 2. The van der Waals surface area contributed by atoms with Crippen LogP contribution in [-0.4, -0.2) is 35.8 Å². The van der Waals surface area contributed by atoms with Crippen molar-refractivity contribution in [2.75, 3.05) is 13.1 Å². The lowest BCUT2D eigenvalue weighted by Crippen LogP contribution is -2.47. The second-order valence-corrected chi connectivity index (χ2v) is 9.53. The third kappa shape index (κ3) is 7.76. The molecule has 3 aromatic rings. The zero-order valence-electron chi connectivity index (χ0n) is 20.7. The van der Waals surface area contributed by atoms with Crippen LogP contribution < -0.4 is 10.6 Å². The van der Waals surface area contributed by atoms with Crippen LogP contribution in [0.1, 0.15) is 41.5 Å². The van der Waals surface area contributed by atoms with Gasteiger partial charge in [0, 0.05) is 35.9 Å². The monoisotopic (exact) mass is 575 g/mol. The molecule has 1 atom stereocenters. The Morgan fingerprint density at radius 3 is 2.18 bits per heavy atom. The summed E-state index contributed by atoms with van der Waals surface area (Å²) in [5, 5.41) is 6.82. The van der Waals surface area contributed by atoms with Crippen molar-refractivity contribution in [3.63, 3.8) is 0 Å². The van der Waals surface area contributed by atoms with Crippen LogP contribution in [0.3, 0.4) is 0 Å². The maximum atomic E-state index is 13.3. The number of hydrogen-bond donors (Lipinski definition) is 3. The SMILES string of the molecule is Cl.O=C(NC(Cc1c[nH]c2ccccc12)C(=O)CCc1cc(C(F)(F)F)cc(C(F)(F)F)c1)C1CCNCC1. The summed E-state index contributed by atoms with van der Waals surface area (Å²) in [7, 11) is 0. The molecule has 1 amide bonds. The fraction of sp³-hybridized carbons (Fsp3) is 0.407. The predicted molar refractivity (Wildman–Crippen MR) is 137 cm³/mol. The van der Waals surface area contributed by atoms with Crippen molar-refractivity contribution in [3.05, 3.63) is 70.9 Å².